The molecule has 1 heterocycles. The number of nitrogens with one attached hydrogen (secondary N) is 2. The normalized spacial score (nSPS) is 9.71. The molecule has 0 saturated heterocycles. The summed E-state index contributed by atoms with van der Waals surface area (Å²) in [4.78, 5) is 4.05. The Balaban J connectivity index is 2.01. The molecule has 2 N–H and O–H groups in total. The van der Waals surface area contributed by atoms with Crippen molar-refractivity contribution in [1.82, 2.24) is 4.98 Å². The summed E-state index contributed by atoms with van der Waals surface area (Å²) in [5.41, 5.74) is 0.334. The lowest BCUT2D eigenvalue weighted by Crippen LogP contribution is -2.20. The van der Waals surface area contributed by atoms with E-state index in [-0.39, 0.29) is 5.82 Å². The van der Waals surface area contributed by atoms with Gasteiger partial charge < -0.3 is 10.6 Å². The minimum Gasteiger partial charge on any atom is -0.330 e. The van der Waals surface area contributed by atoms with Crippen molar-refractivity contribution < 1.29 is 4.39 Å². The molecule has 0 saturated carbocycles. The Morgan fingerprint density at radius 1 is 1.06 bits per heavy atom. The van der Waals surface area contributed by atoms with Gasteiger partial charge in [-0.3, -0.25) is 0 Å². The molecule has 17 heavy (non-hydrogen) atoms. The average molecular weight is 247 g/mol. The number of thiocarbonyl (C=S) groups is 1. The van der Waals surface area contributed by atoms with E-state index in [1.54, 1.807) is 36.5 Å². The Hall–Kier alpha value is -2.01. The Morgan fingerprint density at radius 3 is 2.53 bits per heavy atom. The van der Waals surface area contributed by atoms with Crippen molar-refractivity contribution in [2.75, 3.05) is 10.6 Å². The molecule has 0 radical (unpaired) electrons. The van der Waals surface area contributed by atoms with Crippen LogP contribution in [0.2, 0.25) is 0 Å². The summed E-state index contributed by atoms with van der Waals surface area (Å²) in [6.07, 6.45) is 1.65. The zero-order valence-electron chi connectivity index (χ0n) is 8.85. The standard InChI is InChI=1S/C12H10FN3S/c13-9-5-1-2-6-10(9)15-12(17)16-11-7-3-4-8-14-11/h1-8H,(H2,14,15,16,17). The largest absolute Gasteiger partial charge is 0.330 e. The monoisotopic (exact) mass is 247 g/mol. The van der Waals surface area contributed by atoms with Gasteiger partial charge >= 0.3 is 0 Å². The van der Waals surface area contributed by atoms with Gasteiger partial charge in [-0.05, 0) is 36.5 Å². The second-order valence-corrected chi connectivity index (χ2v) is 3.68. The van der Waals surface area contributed by atoms with E-state index in [0.717, 1.165) is 0 Å². The molecule has 1 aromatic heterocycles. The molecule has 0 atom stereocenters. The molecule has 2 aromatic rings. The van der Waals surface area contributed by atoms with E-state index in [2.05, 4.69) is 15.6 Å². The van der Waals surface area contributed by atoms with Crippen LogP contribution >= 0.6 is 12.2 Å². The number of halogens is 1. The van der Waals surface area contributed by atoms with E-state index in [1.807, 2.05) is 6.07 Å². The van der Waals surface area contributed by atoms with Crippen LogP contribution in [0.3, 0.4) is 0 Å². The van der Waals surface area contributed by atoms with E-state index in [4.69, 9.17) is 12.2 Å². The van der Waals surface area contributed by atoms with Gasteiger partial charge in [0, 0.05) is 6.20 Å². The highest BCUT2D eigenvalue weighted by Gasteiger charge is 2.03. The number of anilines is 2. The molecule has 3 nitrogen and oxygen atoms in total. The van der Waals surface area contributed by atoms with Gasteiger partial charge in [-0.15, -0.1) is 0 Å². The summed E-state index contributed by atoms with van der Waals surface area (Å²) in [6.45, 7) is 0. The molecule has 0 amide bonds. The smallest absolute Gasteiger partial charge is 0.176 e. The number of pyridine rings is 1. The molecule has 0 spiro atoms. The maximum absolute atomic E-state index is 13.3. The second-order valence-electron chi connectivity index (χ2n) is 3.27. The fourth-order valence-corrected chi connectivity index (χ4v) is 1.48. The summed E-state index contributed by atoms with van der Waals surface area (Å²) < 4.78 is 13.3. The van der Waals surface area contributed by atoms with Gasteiger partial charge in [-0.1, -0.05) is 18.2 Å². The number of aromatic nitrogens is 1. The third kappa shape index (κ3) is 3.22. The van der Waals surface area contributed by atoms with Gasteiger partial charge in [-0.2, -0.15) is 0 Å². The molecule has 0 unspecified atom stereocenters. The van der Waals surface area contributed by atoms with Crippen molar-refractivity contribution in [3.8, 4) is 0 Å². The molecule has 0 bridgehead atoms. The van der Waals surface area contributed by atoms with E-state index >= 15 is 0 Å². The highest BCUT2D eigenvalue weighted by molar-refractivity contribution is 7.80. The molecule has 86 valence electrons. The van der Waals surface area contributed by atoms with Crippen LogP contribution in [-0.4, -0.2) is 10.1 Å². The van der Waals surface area contributed by atoms with Crippen LogP contribution in [0.4, 0.5) is 15.9 Å². The quantitative estimate of drug-likeness (QED) is 0.800. The Morgan fingerprint density at radius 2 is 1.82 bits per heavy atom. The third-order valence-electron chi connectivity index (χ3n) is 2.03. The summed E-state index contributed by atoms with van der Waals surface area (Å²) in [6, 6.07) is 11.7. The molecule has 0 aliphatic rings. The number of para-hydroxylation sites is 1. The SMILES string of the molecule is Fc1ccccc1NC(=S)Nc1ccccn1. The van der Waals surface area contributed by atoms with Crippen LogP contribution in [0.25, 0.3) is 0 Å². The molecule has 0 fully saturated rings. The van der Waals surface area contributed by atoms with Crippen molar-refractivity contribution in [3.63, 3.8) is 0 Å². The van der Waals surface area contributed by atoms with E-state index < -0.39 is 0 Å². The summed E-state index contributed by atoms with van der Waals surface area (Å²) in [7, 11) is 0. The minimum atomic E-state index is -0.349. The average Bonchev–Trinajstić information content (AvgIpc) is 2.33. The Labute approximate surface area is 104 Å². The Bertz CT molecular complexity index is 516. The van der Waals surface area contributed by atoms with Crippen molar-refractivity contribution in [2.24, 2.45) is 0 Å². The number of benzene rings is 1. The van der Waals surface area contributed by atoms with Crippen molar-refractivity contribution in [3.05, 3.63) is 54.5 Å². The van der Waals surface area contributed by atoms with Crippen molar-refractivity contribution in [1.29, 1.82) is 0 Å². The Kier molecular flexibility index (Phi) is 3.62. The minimum absolute atomic E-state index is 0.300. The number of hydrogen-bond donors (Lipinski definition) is 2. The van der Waals surface area contributed by atoms with E-state index in [1.165, 1.54) is 6.07 Å². The van der Waals surface area contributed by atoms with Gasteiger partial charge in [0.15, 0.2) is 5.11 Å². The van der Waals surface area contributed by atoms with Crippen molar-refractivity contribution in [2.45, 2.75) is 0 Å². The fourth-order valence-electron chi connectivity index (χ4n) is 1.27. The highest BCUT2D eigenvalue weighted by atomic mass is 32.1. The summed E-state index contributed by atoms with van der Waals surface area (Å²) in [5, 5.41) is 5.92. The van der Waals surface area contributed by atoms with Gasteiger partial charge in [0.25, 0.3) is 0 Å². The zero-order valence-corrected chi connectivity index (χ0v) is 9.67. The molecular weight excluding hydrogens is 237 g/mol. The molecule has 0 aliphatic carbocycles. The molecular formula is C12H10FN3S. The first-order valence-corrected chi connectivity index (χ1v) is 5.40. The van der Waals surface area contributed by atoms with Crippen LogP contribution in [0, 0.1) is 5.82 Å². The number of hydrogen-bond acceptors (Lipinski definition) is 2. The highest BCUT2D eigenvalue weighted by Crippen LogP contribution is 2.12. The van der Waals surface area contributed by atoms with Crippen LogP contribution < -0.4 is 10.6 Å². The van der Waals surface area contributed by atoms with E-state index in [9.17, 15) is 4.39 Å². The van der Waals surface area contributed by atoms with Crippen molar-refractivity contribution >= 4 is 28.8 Å². The first-order valence-electron chi connectivity index (χ1n) is 4.99. The van der Waals surface area contributed by atoms with E-state index in [0.29, 0.717) is 16.6 Å². The fraction of sp³-hybridized carbons (Fsp3) is 0. The molecule has 0 aliphatic heterocycles. The maximum Gasteiger partial charge on any atom is 0.176 e. The maximum atomic E-state index is 13.3. The van der Waals surface area contributed by atoms with Gasteiger partial charge in [0.1, 0.15) is 11.6 Å². The lowest BCUT2D eigenvalue weighted by molar-refractivity contribution is 0.632. The number of nitrogens with zero attached hydrogens (tertiary/aromatic N) is 1. The topological polar surface area (TPSA) is 37.0 Å². The predicted octanol–water partition coefficient (Wildman–Crippen LogP) is 3.03. The summed E-state index contributed by atoms with van der Waals surface area (Å²) >= 11 is 5.05. The summed E-state index contributed by atoms with van der Waals surface area (Å²) in [5.74, 6) is 0.263. The lowest BCUT2D eigenvalue weighted by atomic mass is 10.3. The number of rotatable bonds is 2. The predicted molar refractivity (Wildman–Crippen MR) is 70.5 cm³/mol. The van der Waals surface area contributed by atoms with Gasteiger partial charge in [-0.25, -0.2) is 9.37 Å². The molecule has 1 aromatic carbocycles. The lowest BCUT2D eigenvalue weighted by Gasteiger charge is -2.10. The van der Waals surface area contributed by atoms with Gasteiger partial charge in [0.05, 0.1) is 5.69 Å². The van der Waals surface area contributed by atoms with Crippen LogP contribution in [0.5, 0.6) is 0 Å². The third-order valence-corrected chi connectivity index (χ3v) is 2.23. The zero-order chi connectivity index (χ0) is 12.1. The molecule has 2 rings (SSSR count). The first kappa shape index (κ1) is 11.5. The van der Waals surface area contributed by atoms with Crippen LogP contribution in [0.1, 0.15) is 0 Å². The van der Waals surface area contributed by atoms with Crippen LogP contribution in [-0.2, 0) is 0 Å². The first-order chi connectivity index (χ1) is 8.25. The second kappa shape index (κ2) is 5.36. The van der Waals surface area contributed by atoms with Crippen LogP contribution in [0.15, 0.2) is 48.7 Å². The van der Waals surface area contributed by atoms with Gasteiger partial charge in [0.2, 0.25) is 0 Å². The molecule has 5 heteroatoms.